The van der Waals surface area contributed by atoms with Crippen LogP contribution in [0.25, 0.3) is 0 Å². The quantitative estimate of drug-likeness (QED) is 0.144. The highest BCUT2D eigenvalue weighted by Crippen LogP contribution is 2.40. The molecular weight excluding hydrogens is 483 g/mol. The fourth-order valence-corrected chi connectivity index (χ4v) is 4.30. The zero-order valence-electron chi connectivity index (χ0n) is 25.6. The lowest BCUT2D eigenvalue weighted by atomic mass is 9.95. The summed E-state index contributed by atoms with van der Waals surface area (Å²) in [5.74, 6) is 0.366. The molecule has 0 amide bonds. The fourth-order valence-electron chi connectivity index (χ4n) is 3.87. The van der Waals surface area contributed by atoms with Gasteiger partial charge < -0.3 is 14.3 Å². The molecule has 0 saturated carbocycles. The normalized spacial score (nSPS) is 11.1. The molecule has 0 aromatic heterocycles. The van der Waals surface area contributed by atoms with Crippen molar-refractivity contribution in [2.75, 3.05) is 42.3 Å². The summed E-state index contributed by atoms with van der Waals surface area (Å²) in [6.45, 7) is 4.46. The molecule has 0 radical (unpaired) electrons. The van der Waals surface area contributed by atoms with Crippen LogP contribution in [0.15, 0.2) is 18.2 Å². The van der Waals surface area contributed by atoms with Gasteiger partial charge in [-0.25, -0.2) is 4.57 Å². The summed E-state index contributed by atoms with van der Waals surface area (Å²) in [4.78, 5) is 22.6. The van der Waals surface area contributed by atoms with Gasteiger partial charge in [-0.05, 0) is 85.2 Å². The maximum Gasteiger partial charge on any atom is 0.524 e. The fraction of sp³-hybridized carbons (Fsp3) is 0.800. The minimum absolute atomic E-state index is 0.366. The second-order valence-corrected chi connectivity index (χ2v) is 12.1. The molecular formula is C30H61N2O4P. The largest absolute Gasteiger partial charge is 0.524 e. The van der Waals surface area contributed by atoms with Crippen molar-refractivity contribution in [1.82, 2.24) is 9.80 Å². The van der Waals surface area contributed by atoms with Gasteiger partial charge in [-0.2, -0.15) is 0 Å². The SMILES string of the molecule is CCCCCCCCCc1cccc(OP(=O)(O)O)c1CCCCCCCCC.CN(C)C.CN(C)C. The lowest BCUT2D eigenvalue weighted by Gasteiger charge is -2.16. The van der Waals surface area contributed by atoms with Gasteiger partial charge in [0.25, 0.3) is 0 Å². The summed E-state index contributed by atoms with van der Waals surface area (Å²) in [7, 11) is 7.46. The molecule has 2 N–H and O–H groups in total. The molecule has 0 spiro atoms. The lowest BCUT2D eigenvalue weighted by molar-refractivity contribution is 0.282. The van der Waals surface area contributed by atoms with Gasteiger partial charge >= 0.3 is 7.82 Å². The number of unbranched alkanes of at least 4 members (excludes halogenated alkanes) is 12. The van der Waals surface area contributed by atoms with Gasteiger partial charge in [0, 0.05) is 0 Å². The average molecular weight is 545 g/mol. The van der Waals surface area contributed by atoms with Crippen LogP contribution < -0.4 is 4.52 Å². The molecule has 0 fully saturated rings. The second-order valence-electron chi connectivity index (χ2n) is 10.9. The van der Waals surface area contributed by atoms with Crippen LogP contribution in [0, 0.1) is 0 Å². The van der Waals surface area contributed by atoms with Crippen LogP contribution >= 0.6 is 7.82 Å². The molecule has 1 rings (SSSR count). The summed E-state index contributed by atoms with van der Waals surface area (Å²) in [5, 5.41) is 0. The molecule has 0 heterocycles. The van der Waals surface area contributed by atoms with Crippen molar-refractivity contribution < 1.29 is 18.9 Å². The minimum Gasteiger partial charge on any atom is -0.404 e. The Labute approximate surface area is 230 Å². The first-order chi connectivity index (χ1) is 17.4. The Morgan fingerprint density at radius 3 is 1.43 bits per heavy atom. The summed E-state index contributed by atoms with van der Waals surface area (Å²) >= 11 is 0. The van der Waals surface area contributed by atoms with Crippen molar-refractivity contribution in [3.8, 4) is 5.75 Å². The maximum atomic E-state index is 11.4. The standard InChI is InChI=1S/C24H43O4P.2C3H9N/c1-3-5-7-9-11-13-15-18-22-19-17-21-24(28-29(25,26)27)23(22)20-16-14-12-10-8-6-4-2;2*1-4(2)3/h17,19,21H,3-16,18,20H2,1-2H3,(H2,25,26,27);2*1-3H3. The molecule has 0 bridgehead atoms. The van der Waals surface area contributed by atoms with Crippen LogP contribution in [0.1, 0.15) is 115 Å². The first-order valence-corrected chi connectivity index (χ1v) is 16.0. The maximum absolute atomic E-state index is 11.4. The predicted molar refractivity (Wildman–Crippen MR) is 162 cm³/mol. The van der Waals surface area contributed by atoms with Crippen LogP contribution in [0.5, 0.6) is 5.75 Å². The van der Waals surface area contributed by atoms with E-state index in [1.807, 2.05) is 58.2 Å². The highest BCUT2D eigenvalue weighted by Gasteiger charge is 2.19. The van der Waals surface area contributed by atoms with Crippen LogP contribution in [0.2, 0.25) is 0 Å². The smallest absolute Gasteiger partial charge is 0.404 e. The molecule has 1 aromatic carbocycles. The first kappa shape index (κ1) is 38.2. The summed E-state index contributed by atoms with van der Waals surface area (Å²) in [6.07, 6.45) is 19.2. The zero-order valence-corrected chi connectivity index (χ0v) is 26.5. The van der Waals surface area contributed by atoms with E-state index in [4.69, 9.17) is 4.52 Å². The Balaban J connectivity index is 0. The van der Waals surface area contributed by atoms with E-state index in [2.05, 4.69) is 19.9 Å². The highest BCUT2D eigenvalue weighted by molar-refractivity contribution is 7.46. The van der Waals surface area contributed by atoms with Crippen molar-refractivity contribution in [2.24, 2.45) is 0 Å². The third kappa shape index (κ3) is 29.5. The van der Waals surface area contributed by atoms with E-state index in [1.54, 1.807) is 6.07 Å². The molecule has 0 saturated heterocycles. The van der Waals surface area contributed by atoms with Gasteiger partial charge in [0.05, 0.1) is 0 Å². The van der Waals surface area contributed by atoms with Crippen molar-refractivity contribution in [1.29, 1.82) is 0 Å². The Hall–Kier alpha value is -0.910. The third-order valence-electron chi connectivity index (χ3n) is 5.53. The number of hydrogen-bond acceptors (Lipinski definition) is 4. The zero-order chi connectivity index (χ0) is 28.5. The average Bonchev–Trinajstić information content (AvgIpc) is 2.77. The monoisotopic (exact) mass is 544 g/mol. The number of rotatable bonds is 18. The van der Waals surface area contributed by atoms with Crippen molar-refractivity contribution in [3.05, 3.63) is 29.3 Å². The van der Waals surface area contributed by atoms with Crippen LogP contribution in [0.4, 0.5) is 0 Å². The molecule has 0 unspecified atom stereocenters. The topological polar surface area (TPSA) is 73.2 Å². The van der Waals surface area contributed by atoms with E-state index in [0.29, 0.717) is 5.75 Å². The number of hydrogen-bond donors (Lipinski definition) is 2. The van der Waals surface area contributed by atoms with E-state index in [-0.39, 0.29) is 0 Å². The number of phosphoric ester groups is 1. The molecule has 0 aliphatic rings. The third-order valence-corrected chi connectivity index (χ3v) is 5.96. The number of nitrogens with zero attached hydrogens (tertiary/aromatic N) is 2. The molecule has 7 heteroatoms. The van der Waals surface area contributed by atoms with Gasteiger partial charge in [0.15, 0.2) is 0 Å². The Kier molecular flexibility index (Phi) is 26.2. The Morgan fingerprint density at radius 2 is 1.03 bits per heavy atom. The first-order valence-electron chi connectivity index (χ1n) is 14.5. The summed E-state index contributed by atoms with van der Waals surface area (Å²) < 4.78 is 16.4. The molecule has 6 nitrogen and oxygen atoms in total. The molecule has 0 atom stereocenters. The van der Waals surface area contributed by atoms with Crippen LogP contribution in [-0.4, -0.2) is 61.9 Å². The van der Waals surface area contributed by atoms with E-state index in [0.717, 1.165) is 37.7 Å². The second kappa shape index (κ2) is 25.4. The lowest BCUT2D eigenvalue weighted by Crippen LogP contribution is -2.01. The molecule has 0 aliphatic heterocycles. The predicted octanol–water partition coefficient (Wildman–Crippen LogP) is 8.10. The molecule has 1 aromatic rings. The van der Waals surface area contributed by atoms with E-state index < -0.39 is 7.82 Å². The van der Waals surface area contributed by atoms with Crippen molar-refractivity contribution in [3.63, 3.8) is 0 Å². The van der Waals surface area contributed by atoms with Crippen molar-refractivity contribution >= 4 is 7.82 Å². The molecule has 220 valence electrons. The minimum atomic E-state index is -4.54. The van der Waals surface area contributed by atoms with Gasteiger partial charge in [-0.15, -0.1) is 0 Å². The van der Waals surface area contributed by atoms with Gasteiger partial charge in [0.2, 0.25) is 0 Å². The molecule has 0 aliphatic carbocycles. The number of phosphoric acid groups is 1. The van der Waals surface area contributed by atoms with Crippen molar-refractivity contribution in [2.45, 2.75) is 117 Å². The van der Waals surface area contributed by atoms with Gasteiger partial charge in [-0.3, -0.25) is 9.79 Å². The highest BCUT2D eigenvalue weighted by atomic mass is 31.2. The van der Waals surface area contributed by atoms with E-state index in [1.165, 1.54) is 76.2 Å². The number of aryl methyl sites for hydroxylation is 1. The Bertz CT molecular complexity index is 666. The summed E-state index contributed by atoms with van der Waals surface area (Å²) in [5.41, 5.74) is 2.19. The van der Waals surface area contributed by atoms with E-state index in [9.17, 15) is 14.4 Å². The summed E-state index contributed by atoms with van der Waals surface area (Å²) in [6, 6.07) is 5.65. The van der Waals surface area contributed by atoms with Gasteiger partial charge in [-0.1, -0.05) is 103 Å². The van der Waals surface area contributed by atoms with Crippen LogP contribution in [0.3, 0.4) is 0 Å². The van der Waals surface area contributed by atoms with Gasteiger partial charge in [0.1, 0.15) is 5.75 Å². The van der Waals surface area contributed by atoms with Crippen LogP contribution in [-0.2, 0) is 17.4 Å². The molecule has 37 heavy (non-hydrogen) atoms. The number of benzene rings is 1. The van der Waals surface area contributed by atoms with E-state index >= 15 is 0 Å². The Morgan fingerprint density at radius 1 is 0.649 bits per heavy atom.